The summed E-state index contributed by atoms with van der Waals surface area (Å²) < 4.78 is 27.1. The number of aryl methyl sites for hydroxylation is 2. The van der Waals surface area contributed by atoms with E-state index >= 15 is 0 Å². The third-order valence-electron chi connectivity index (χ3n) is 1.84. The van der Waals surface area contributed by atoms with E-state index in [0.717, 1.165) is 0 Å². The minimum atomic E-state index is -3.52. The Hall–Kier alpha value is -1.15. The Kier molecular flexibility index (Phi) is 3.87. The van der Waals surface area contributed by atoms with Crippen molar-refractivity contribution in [3.8, 4) is 0 Å². The van der Waals surface area contributed by atoms with Crippen molar-refractivity contribution in [2.24, 2.45) is 12.8 Å². The predicted octanol–water partition coefficient (Wildman–Crippen LogP) is 0.0103. The van der Waals surface area contributed by atoms with Crippen LogP contribution in [0.3, 0.4) is 0 Å². The van der Waals surface area contributed by atoms with Crippen molar-refractivity contribution < 1.29 is 8.42 Å². The highest BCUT2D eigenvalue weighted by molar-refractivity contribution is 7.95. The second kappa shape index (κ2) is 4.79. The number of nitrogens with one attached hydrogen (secondary N) is 1. The molecule has 6 nitrogen and oxygen atoms in total. The summed E-state index contributed by atoms with van der Waals surface area (Å²) >= 11 is 4.56. The summed E-state index contributed by atoms with van der Waals surface area (Å²) in [4.78, 5) is -0.0607. The molecule has 0 aliphatic carbocycles. The zero-order valence-corrected chi connectivity index (χ0v) is 10.7. The van der Waals surface area contributed by atoms with Crippen LogP contribution in [0, 0.1) is 0 Å². The summed E-state index contributed by atoms with van der Waals surface area (Å²) in [6, 6.07) is 0. The number of rotatable bonds is 5. The van der Waals surface area contributed by atoms with Crippen LogP contribution in [0.5, 0.6) is 0 Å². The van der Waals surface area contributed by atoms with Gasteiger partial charge in [-0.3, -0.25) is 9.40 Å². The summed E-state index contributed by atoms with van der Waals surface area (Å²) in [7, 11) is -1.80. The summed E-state index contributed by atoms with van der Waals surface area (Å²) in [6.07, 6.45) is 2.25. The Balaban J connectivity index is 2.91. The quantitative estimate of drug-likeness (QED) is 0.730. The van der Waals surface area contributed by atoms with Crippen LogP contribution in [0.1, 0.15) is 12.6 Å². The van der Waals surface area contributed by atoms with Crippen LogP contribution >= 0.6 is 12.2 Å². The fraction of sp³-hybridized carbons (Fsp3) is 0.500. The van der Waals surface area contributed by atoms with Crippen LogP contribution in [0.2, 0.25) is 0 Å². The van der Waals surface area contributed by atoms with Gasteiger partial charge in [-0.1, -0.05) is 19.1 Å². The molecule has 90 valence electrons. The number of hydrogen-bond acceptors (Lipinski definition) is 4. The van der Waals surface area contributed by atoms with E-state index in [4.69, 9.17) is 5.73 Å². The Labute approximate surface area is 99.9 Å². The predicted molar refractivity (Wildman–Crippen MR) is 66.8 cm³/mol. The van der Waals surface area contributed by atoms with Crippen molar-refractivity contribution in [2.45, 2.75) is 13.3 Å². The number of nitrogens with zero attached hydrogens (tertiary/aromatic N) is 2. The van der Waals surface area contributed by atoms with E-state index in [-0.39, 0.29) is 10.7 Å². The number of anilines is 1. The monoisotopic (exact) mass is 262 g/mol. The van der Waals surface area contributed by atoms with E-state index in [9.17, 15) is 8.42 Å². The molecular weight excluding hydrogens is 248 g/mol. The zero-order valence-electron chi connectivity index (χ0n) is 9.10. The van der Waals surface area contributed by atoms with Gasteiger partial charge in [-0.2, -0.15) is 5.10 Å². The third kappa shape index (κ3) is 3.46. The molecule has 0 fully saturated rings. The topological polar surface area (TPSA) is 90.0 Å². The normalized spacial score (nSPS) is 11.4. The zero-order chi connectivity index (χ0) is 12.3. The summed E-state index contributed by atoms with van der Waals surface area (Å²) in [5.41, 5.74) is 6.36. The number of hydrogen-bond donors (Lipinski definition) is 2. The highest BCUT2D eigenvalue weighted by Crippen LogP contribution is 2.15. The van der Waals surface area contributed by atoms with Crippen LogP contribution in [-0.4, -0.2) is 28.9 Å². The minimum Gasteiger partial charge on any atom is -0.392 e. The van der Waals surface area contributed by atoms with Gasteiger partial charge in [-0.25, -0.2) is 8.42 Å². The molecule has 1 aromatic rings. The van der Waals surface area contributed by atoms with Gasteiger partial charge in [-0.15, -0.1) is 0 Å². The molecule has 1 aromatic heterocycles. The molecule has 0 aliphatic heterocycles. The molecule has 1 heterocycles. The van der Waals surface area contributed by atoms with Crippen LogP contribution < -0.4 is 10.5 Å². The number of aromatic nitrogens is 2. The molecule has 0 unspecified atom stereocenters. The molecule has 3 N–H and O–H groups in total. The number of thiocarbonyl (C=S) groups is 1. The minimum absolute atomic E-state index is 0.0607. The molecule has 0 amide bonds. The molecule has 16 heavy (non-hydrogen) atoms. The largest absolute Gasteiger partial charge is 0.392 e. The van der Waals surface area contributed by atoms with Crippen LogP contribution in [0.25, 0.3) is 0 Å². The van der Waals surface area contributed by atoms with Crippen molar-refractivity contribution in [3.63, 3.8) is 0 Å². The Morgan fingerprint density at radius 3 is 2.81 bits per heavy atom. The first-order valence-electron chi connectivity index (χ1n) is 4.65. The second-order valence-corrected chi connectivity index (χ2v) is 5.59. The van der Waals surface area contributed by atoms with Crippen LogP contribution in [0.4, 0.5) is 5.69 Å². The van der Waals surface area contributed by atoms with Crippen LogP contribution in [-0.2, 0) is 23.5 Å². The second-order valence-electron chi connectivity index (χ2n) is 3.34. The van der Waals surface area contributed by atoms with Crippen molar-refractivity contribution in [3.05, 3.63) is 11.9 Å². The van der Waals surface area contributed by atoms with Gasteiger partial charge < -0.3 is 5.73 Å². The molecule has 1 rings (SSSR count). The number of sulfonamides is 1. The molecule has 0 aliphatic rings. The number of nitrogens with two attached hydrogens (primary N) is 1. The third-order valence-corrected chi connectivity index (χ3v) is 3.39. The first-order valence-corrected chi connectivity index (χ1v) is 6.71. The van der Waals surface area contributed by atoms with Gasteiger partial charge >= 0.3 is 0 Å². The smallest absolute Gasteiger partial charge is 0.239 e. The van der Waals surface area contributed by atoms with Gasteiger partial charge in [0.15, 0.2) is 0 Å². The lowest BCUT2D eigenvalue weighted by Gasteiger charge is -2.05. The van der Waals surface area contributed by atoms with E-state index in [1.807, 2.05) is 6.92 Å². The standard InChI is InChI=1S/C8H14N4O2S2/c1-3-6-7(4-12(2)10-6)11-16(13,14)5-8(9)15/h4,11H,3,5H2,1-2H3,(H2,9,15). The molecule has 0 atom stereocenters. The van der Waals surface area contributed by atoms with Gasteiger partial charge in [-0.05, 0) is 6.42 Å². The highest BCUT2D eigenvalue weighted by Gasteiger charge is 2.15. The Morgan fingerprint density at radius 1 is 1.69 bits per heavy atom. The maximum Gasteiger partial charge on any atom is 0.239 e. The molecule has 0 radical (unpaired) electrons. The van der Waals surface area contributed by atoms with Gasteiger partial charge in [0.1, 0.15) is 5.75 Å². The first-order chi connectivity index (χ1) is 7.34. The highest BCUT2D eigenvalue weighted by atomic mass is 32.2. The van der Waals surface area contributed by atoms with E-state index < -0.39 is 10.0 Å². The average molecular weight is 262 g/mol. The summed E-state index contributed by atoms with van der Waals surface area (Å²) in [5.74, 6) is -0.361. The maximum atomic E-state index is 11.6. The van der Waals surface area contributed by atoms with E-state index in [2.05, 4.69) is 22.0 Å². The van der Waals surface area contributed by atoms with E-state index in [1.54, 1.807) is 17.9 Å². The summed E-state index contributed by atoms with van der Waals surface area (Å²) in [6.45, 7) is 1.90. The van der Waals surface area contributed by atoms with Crippen molar-refractivity contribution >= 4 is 32.9 Å². The lowest BCUT2D eigenvalue weighted by molar-refractivity contribution is 0.605. The molecule has 0 bridgehead atoms. The van der Waals surface area contributed by atoms with Gasteiger partial charge in [0.05, 0.1) is 16.4 Å². The first kappa shape index (κ1) is 12.9. The molecule has 0 spiro atoms. The maximum absolute atomic E-state index is 11.6. The fourth-order valence-electron chi connectivity index (χ4n) is 1.27. The fourth-order valence-corrected chi connectivity index (χ4v) is 2.69. The summed E-state index contributed by atoms with van der Waals surface area (Å²) in [5, 5.41) is 4.12. The molecule has 0 saturated carbocycles. The van der Waals surface area contributed by atoms with Crippen LogP contribution in [0.15, 0.2) is 6.20 Å². The Morgan fingerprint density at radius 2 is 2.31 bits per heavy atom. The molecule has 0 saturated heterocycles. The lowest BCUT2D eigenvalue weighted by Crippen LogP contribution is -2.26. The SMILES string of the molecule is CCc1nn(C)cc1NS(=O)(=O)CC(N)=S. The van der Waals surface area contributed by atoms with Crippen molar-refractivity contribution in [1.29, 1.82) is 0 Å². The van der Waals surface area contributed by atoms with E-state index in [1.165, 1.54) is 0 Å². The van der Waals surface area contributed by atoms with Gasteiger partial charge in [0, 0.05) is 13.2 Å². The average Bonchev–Trinajstić information content (AvgIpc) is 2.42. The molecule has 8 heteroatoms. The van der Waals surface area contributed by atoms with Gasteiger partial charge in [0.25, 0.3) is 0 Å². The van der Waals surface area contributed by atoms with Crippen molar-refractivity contribution in [1.82, 2.24) is 9.78 Å². The molecular formula is C8H14N4O2S2. The van der Waals surface area contributed by atoms with Gasteiger partial charge in [0.2, 0.25) is 10.0 Å². The lowest BCUT2D eigenvalue weighted by atomic mass is 10.3. The Bertz CT molecular complexity index is 492. The van der Waals surface area contributed by atoms with Crippen molar-refractivity contribution in [2.75, 3.05) is 10.5 Å². The molecule has 0 aromatic carbocycles. The van der Waals surface area contributed by atoms with E-state index in [0.29, 0.717) is 17.8 Å².